The monoisotopic (exact) mass is 292 g/mol. The highest BCUT2D eigenvalue weighted by Gasteiger charge is 2.20. The molecule has 1 aliphatic carbocycles. The van der Waals surface area contributed by atoms with E-state index in [2.05, 4.69) is 5.32 Å². The van der Waals surface area contributed by atoms with Gasteiger partial charge in [-0.1, -0.05) is 12.1 Å². The SMILES string of the molecule is COCC(C)NC(=O)COc1cccc2c1CCCC2N. The van der Waals surface area contributed by atoms with Gasteiger partial charge in [-0.25, -0.2) is 0 Å². The highest BCUT2D eigenvalue weighted by atomic mass is 16.5. The summed E-state index contributed by atoms with van der Waals surface area (Å²) >= 11 is 0. The van der Waals surface area contributed by atoms with Crippen molar-refractivity contribution in [2.45, 2.75) is 38.3 Å². The van der Waals surface area contributed by atoms with Crippen LogP contribution in [0.4, 0.5) is 0 Å². The molecule has 0 spiro atoms. The maximum absolute atomic E-state index is 11.8. The van der Waals surface area contributed by atoms with Crippen molar-refractivity contribution >= 4 is 5.91 Å². The number of hydrogen-bond donors (Lipinski definition) is 2. The molecule has 0 saturated carbocycles. The van der Waals surface area contributed by atoms with Gasteiger partial charge in [-0.15, -0.1) is 0 Å². The van der Waals surface area contributed by atoms with Crippen molar-refractivity contribution in [3.63, 3.8) is 0 Å². The summed E-state index contributed by atoms with van der Waals surface area (Å²) < 4.78 is 10.7. The maximum atomic E-state index is 11.8. The molecule has 1 aromatic rings. The van der Waals surface area contributed by atoms with Crippen LogP contribution in [0, 0.1) is 0 Å². The first-order valence-electron chi connectivity index (χ1n) is 7.40. The van der Waals surface area contributed by atoms with Crippen LogP contribution in [0.3, 0.4) is 0 Å². The molecule has 0 saturated heterocycles. The Morgan fingerprint density at radius 1 is 1.52 bits per heavy atom. The first-order valence-corrected chi connectivity index (χ1v) is 7.40. The van der Waals surface area contributed by atoms with E-state index in [1.54, 1.807) is 7.11 Å². The number of fused-ring (bicyclic) bond motifs is 1. The van der Waals surface area contributed by atoms with Crippen LogP contribution < -0.4 is 15.8 Å². The topological polar surface area (TPSA) is 73.6 Å². The van der Waals surface area contributed by atoms with Gasteiger partial charge in [-0.2, -0.15) is 0 Å². The average Bonchev–Trinajstić information content (AvgIpc) is 2.46. The third kappa shape index (κ3) is 4.19. The van der Waals surface area contributed by atoms with E-state index in [0.29, 0.717) is 6.61 Å². The molecule has 0 fully saturated rings. The van der Waals surface area contributed by atoms with Crippen molar-refractivity contribution in [3.05, 3.63) is 29.3 Å². The molecule has 0 heterocycles. The van der Waals surface area contributed by atoms with Gasteiger partial charge in [0.25, 0.3) is 5.91 Å². The van der Waals surface area contributed by atoms with Crippen molar-refractivity contribution in [1.29, 1.82) is 0 Å². The van der Waals surface area contributed by atoms with Crippen molar-refractivity contribution < 1.29 is 14.3 Å². The molecular formula is C16H24N2O3. The van der Waals surface area contributed by atoms with Gasteiger partial charge in [0.1, 0.15) is 5.75 Å². The number of amides is 1. The highest BCUT2D eigenvalue weighted by Crippen LogP contribution is 2.33. The van der Waals surface area contributed by atoms with Gasteiger partial charge in [-0.05, 0) is 43.4 Å². The summed E-state index contributed by atoms with van der Waals surface area (Å²) in [5.41, 5.74) is 8.41. The van der Waals surface area contributed by atoms with Crippen molar-refractivity contribution in [2.24, 2.45) is 5.73 Å². The molecule has 21 heavy (non-hydrogen) atoms. The predicted molar refractivity (Wildman–Crippen MR) is 81.3 cm³/mol. The average molecular weight is 292 g/mol. The Hall–Kier alpha value is -1.59. The number of carbonyl (C=O) groups is 1. The molecule has 2 atom stereocenters. The number of benzene rings is 1. The molecule has 0 bridgehead atoms. The van der Waals surface area contributed by atoms with Gasteiger partial charge in [0.05, 0.1) is 6.61 Å². The zero-order chi connectivity index (χ0) is 15.2. The van der Waals surface area contributed by atoms with Crippen LogP contribution in [0.5, 0.6) is 5.75 Å². The largest absolute Gasteiger partial charge is 0.483 e. The van der Waals surface area contributed by atoms with Crippen LogP contribution >= 0.6 is 0 Å². The Labute approximate surface area is 125 Å². The predicted octanol–water partition coefficient (Wildman–Crippen LogP) is 1.55. The van der Waals surface area contributed by atoms with Crippen molar-refractivity contribution in [3.8, 4) is 5.75 Å². The maximum Gasteiger partial charge on any atom is 0.258 e. The summed E-state index contributed by atoms with van der Waals surface area (Å²) in [5.74, 6) is 0.634. The van der Waals surface area contributed by atoms with E-state index >= 15 is 0 Å². The van der Waals surface area contributed by atoms with Crippen molar-refractivity contribution in [1.82, 2.24) is 5.32 Å². The molecule has 5 nitrogen and oxygen atoms in total. The van der Waals surface area contributed by atoms with Crippen LogP contribution in [0.25, 0.3) is 0 Å². The second-order valence-corrected chi connectivity index (χ2v) is 5.54. The Kier molecular flexibility index (Phi) is 5.59. The van der Waals surface area contributed by atoms with Gasteiger partial charge in [0.15, 0.2) is 6.61 Å². The first-order chi connectivity index (χ1) is 10.1. The summed E-state index contributed by atoms with van der Waals surface area (Å²) in [5, 5.41) is 2.83. The third-order valence-electron chi connectivity index (χ3n) is 3.69. The summed E-state index contributed by atoms with van der Waals surface area (Å²) in [6, 6.07) is 5.94. The molecule has 5 heteroatoms. The number of hydrogen-bond acceptors (Lipinski definition) is 4. The zero-order valence-corrected chi connectivity index (χ0v) is 12.7. The van der Waals surface area contributed by atoms with E-state index in [9.17, 15) is 4.79 Å². The minimum atomic E-state index is -0.141. The van der Waals surface area contributed by atoms with Crippen LogP contribution in [-0.4, -0.2) is 32.3 Å². The fraction of sp³-hybridized carbons (Fsp3) is 0.562. The van der Waals surface area contributed by atoms with Crippen LogP contribution in [0.1, 0.15) is 36.9 Å². The molecule has 0 aromatic heterocycles. The molecule has 1 aromatic carbocycles. The van der Waals surface area contributed by atoms with Gasteiger partial charge in [0.2, 0.25) is 0 Å². The molecule has 1 aliphatic rings. The number of methoxy groups -OCH3 is 1. The molecule has 3 N–H and O–H groups in total. The summed E-state index contributed by atoms with van der Waals surface area (Å²) in [6.07, 6.45) is 3.03. The number of nitrogens with two attached hydrogens (primary N) is 1. The quantitative estimate of drug-likeness (QED) is 0.834. The van der Waals surface area contributed by atoms with Crippen LogP contribution in [0.15, 0.2) is 18.2 Å². The number of rotatable bonds is 6. The molecule has 0 aliphatic heterocycles. The van der Waals surface area contributed by atoms with Gasteiger partial charge >= 0.3 is 0 Å². The molecule has 2 rings (SSSR count). The molecule has 1 amide bonds. The Bertz CT molecular complexity index is 490. The molecule has 0 radical (unpaired) electrons. The first kappa shape index (κ1) is 15.8. The smallest absolute Gasteiger partial charge is 0.258 e. The summed E-state index contributed by atoms with van der Waals surface area (Å²) in [4.78, 5) is 11.8. The lowest BCUT2D eigenvalue weighted by molar-refractivity contribution is -0.124. The Morgan fingerprint density at radius 3 is 3.10 bits per heavy atom. The number of nitrogens with one attached hydrogen (secondary N) is 1. The normalized spacial score (nSPS) is 18.7. The van der Waals surface area contributed by atoms with E-state index in [4.69, 9.17) is 15.2 Å². The van der Waals surface area contributed by atoms with E-state index < -0.39 is 0 Å². The lowest BCUT2D eigenvalue weighted by atomic mass is 9.88. The standard InChI is InChI=1S/C16H24N2O3/c1-11(9-20-2)18-16(19)10-21-15-8-4-5-12-13(15)6-3-7-14(12)17/h4-5,8,11,14H,3,6-7,9-10,17H2,1-2H3,(H,18,19). The van der Waals surface area contributed by atoms with E-state index in [1.165, 1.54) is 0 Å². The van der Waals surface area contributed by atoms with Gasteiger partial charge < -0.3 is 20.5 Å². The lowest BCUT2D eigenvalue weighted by Gasteiger charge is -2.24. The van der Waals surface area contributed by atoms with E-state index in [-0.39, 0.29) is 24.6 Å². The third-order valence-corrected chi connectivity index (χ3v) is 3.69. The minimum Gasteiger partial charge on any atom is -0.483 e. The molecule has 2 unspecified atom stereocenters. The van der Waals surface area contributed by atoms with Crippen LogP contribution in [0.2, 0.25) is 0 Å². The summed E-state index contributed by atoms with van der Waals surface area (Å²) in [7, 11) is 1.61. The Morgan fingerprint density at radius 2 is 2.33 bits per heavy atom. The van der Waals surface area contributed by atoms with Crippen molar-refractivity contribution in [2.75, 3.05) is 20.3 Å². The van der Waals surface area contributed by atoms with Gasteiger partial charge in [-0.3, -0.25) is 4.79 Å². The minimum absolute atomic E-state index is 0.0136. The second-order valence-electron chi connectivity index (χ2n) is 5.54. The van der Waals surface area contributed by atoms with Gasteiger partial charge in [0, 0.05) is 19.2 Å². The van der Waals surface area contributed by atoms with E-state index in [0.717, 1.165) is 36.1 Å². The number of carbonyl (C=O) groups excluding carboxylic acids is 1. The molecule has 116 valence electrons. The fourth-order valence-electron chi connectivity index (χ4n) is 2.74. The highest BCUT2D eigenvalue weighted by molar-refractivity contribution is 5.77. The van der Waals surface area contributed by atoms with E-state index in [1.807, 2.05) is 25.1 Å². The molecular weight excluding hydrogens is 268 g/mol. The zero-order valence-electron chi connectivity index (χ0n) is 12.7. The van der Waals surface area contributed by atoms with Crippen LogP contribution in [-0.2, 0) is 16.0 Å². The summed E-state index contributed by atoms with van der Waals surface area (Å²) in [6.45, 7) is 2.39. The Balaban J connectivity index is 1.95. The number of ether oxygens (including phenoxy) is 2. The second kappa shape index (κ2) is 7.43. The fourth-order valence-corrected chi connectivity index (χ4v) is 2.74. The lowest BCUT2D eigenvalue weighted by Crippen LogP contribution is -2.38.